The zero-order valence-electron chi connectivity index (χ0n) is 9.71. The van der Waals surface area contributed by atoms with Crippen LogP contribution in [0.4, 0.5) is 10.1 Å². The van der Waals surface area contributed by atoms with Gasteiger partial charge in [-0.2, -0.15) is 0 Å². The summed E-state index contributed by atoms with van der Waals surface area (Å²) in [6.45, 7) is 0. The van der Waals surface area contributed by atoms with Crippen LogP contribution in [0.25, 0.3) is 0 Å². The van der Waals surface area contributed by atoms with Crippen molar-refractivity contribution in [2.45, 2.75) is 14.7 Å². The fraction of sp³-hybridized carbons (Fsp3) is 0. The Morgan fingerprint density at radius 1 is 1.11 bits per heavy atom. The molecule has 0 aliphatic rings. The van der Waals surface area contributed by atoms with E-state index in [1.807, 2.05) is 0 Å². The van der Waals surface area contributed by atoms with E-state index in [1.165, 1.54) is 18.2 Å². The second kappa shape index (κ2) is 5.20. The zero-order valence-corrected chi connectivity index (χ0v) is 11.3. The number of anilines is 1. The molecular formula is C12H11FN2O2S2. The Kier molecular flexibility index (Phi) is 3.79. The van der Waals surface area contributed by atoms with E-state index >= 15 is 0 Å². The molecule has 2 rings (SSSR count). The van der Waals surface area contributed by atoms with Gasteiger partial charge in [0.1, 0.15) is 5.82 Å². The maximum absolute atomic E-state index is 13.5. The van der Waals surface area contributed by atoms with Gasteiger partial charge in [-0.15, -0.1) is 0 Å². The van der Waals surface area contributed by atoms with Crippen LogP contribution in [0.2, 0.25) is 0 Å². The molecule has 0 radical (unpaired) electrons. The summed E-state index contributed by atoms with van der Waals surface area (Å²) < 4.78 is 36.1. The molecule has 100 valence electrons. The summed E-state index contributed by atoms with van der Waals surface area (Å²) in [5.41, 5.74) is 5.88. The molecule has 0 unspecified atom stereocenters. The molecule has 4 N–H and O–H groups in total. The number of nitrogen functional groups attached to an aromatic ring is 1. The normalized spacial score (nSPS) is 11.5. The minimum absolute atomic E-state index is 0.0914. The Hall–Kier alpha value is -1.57. The molecule has 0 saturated carbocycles. The highest BCUT2D eigenvalue weighted by Crippen LogP contribution is 2.32. The van der Waals surface area contributed by atoms with Crippen molar-refractivity contribution in [3.8, 4) is 0 Å². The third-order valence-corrected chi connectivity index (χ3v) is 4.21. The third kappa shape index (κ3) is 3.46. The summed E-state index contributed by atoms with van der Waals surface area (Å²) in [4.78, 5) is 0.800. The van der Waals surface area contributed by atoms with E-state index < -0.39 is 10.0 Å². The van der Waals surface area contributed by atoms with Crippen LogP contribution in [0.5, 0.6) is 0 Å². The van der Waals surface area contributed by atoms with Crippen molar-refractivity contribution in [3.05, 3.63) is 48.3 Å². The summed E-state index contributed by atoms with van der Waals surface area (Å²) in [6, 6.07) is 10.4. The van der Waals surface area contributed by atoms with E-state index in [9.17, 15) is 12.8 Å². The minimum Gasteiger partial charge on any atom is -0.399 e. The van der Waals surface area contributed by atoms with Crippen LogP contribution < -0.4 is 10.9 Å². The van der Waals surface area contributed by atoms with E-state index in [0.29, 0.717) is 9.79 Å². The number of hydrogen-bond donors (Lipinski definition) is 2. The molecule has 0 atom stereocenters. The molecule has 0 amide bonds. The van der Waals surface area contributed by atoms with Crippen molar-refractivity contribution in [3.63, 3.8) is 0 Å². The summed E-state index contributed by atoms with van der Waals surface area (Å²) in [6.07, 6.45) is 0. The van der Waals surface area contributed by atoms with Crippen molar-refractivity contribution >= 4 is 27.5 Å². The summed E-state index contributed by atoms with van der Waals surface area (Å²) >= 11 is 1.08. The molecule has 0 aromatic heterocycles. The molecule has 0 fully saturated rings. The Balaban J connectivity index is 2.42. The molecule has 2 aromatic rings. The van der Waals surface area contributed by atoms with Gasteiger partial charge in [0.05, 0.1) is 4.90 Å². The highest BCUT2D eigenvalue weighted by Gasteiger charge is 2.11. The minimum atomic E-state index is -3.84. The zero-order chi connectivity index (χ0) is 14.0. The van der Waals surface area contributed by atoms with Gasteiger partial charge in [0.25, 0.3) is 0 Å². The average Bonchev–Trinajstić information content (AvgIpc) is 2.30. The maximum atomic E-state index is 13.5. The van der Waals surface area contributed by atoms with Gasteiger partial charge in [-0.05, 0) is 30.3 Å². The Bertz CT molecular complexity index is 717. The number of nitrogens with two attached hydrogens (primary N) is 2. The molecule has 0 spiro atoms. The van der Waals surface area contributed by atoms with Crippen molar-refractivity contribution in [2.75, 3.05) is 5.73 Å². The Morgan fingerprint density at radius 2 is 1.79 bits per heavy atom. The van der Waals surface area contributed by atoms with Crippen LogP contribution in [0.1, 0.15) is 0 Å². The van der Waals surface area contributed by atoms with Crippen LogP contribution >= 0.6 is 11.8 Å². The van der Waals surface area contributed by atoms with Gasteiger partial charge in [0.15, 0.2) is 0 Å². The lowest BCUT2D eigenvalue weighted by Crippen LogP contribution is -2.12. The van der Waals surface area contributed by atoms with Gasteiger partial charge in [-0.25, -0.2) is 17.9 Å². The number of sulfonamides is 1. The first-order valence-corrected chi connectivity index (χ1v) is 7.58. The number of halogens is 1. The quantitative estimate of drug-likeness (QED) is 0.851. The van der Waals surface area contributed by atoms with Crippen LogP contribution in [0.3, 0.4) is 0 Å². The monoisotopic (exact) mass is 298 g/mol. The number of benzene rings is 2. The summed E-state index contributed by atoms with van der Waals surface area (Å²) in [5.74, 6) is -0.382. The first-order chi connectivity index (χ1) is 8.86. The Labute approximate surface area is 114 Å². The van der Waals surface area contributed by atoms with Crippen LogP contribution in [-0.2, 0) is 10.0 Å². The van der Waals surface area contributed by atoms with Crippen LogP contribution in [0.15, 0.2) is 57.2 Å². The van der Waals surface area contributed by atoms with E-state index in [-0.39, 0.29) is 16.4 Å². The second-order valence-corrected chi connectivity index (χ2v) is 6.49. The van der Waals surface area contributed by atoms with Gasteiger partial charge >= 0.3 is 0 Å². The predicted molar refractivity (Wildman–Crippen MR) is 72.8 cm³/mol. The lowest BCUT2D eigenvalue weighted by atomic mass is 10.3. The Morgan fingerprint density at radius 3 is 2.42 bits per heavy atom. The molecule has 0 aliphatic carbocycles. The van der Waals surface area contributed by atoms with Crippen molar-refractivity contribution in [1.82, 2.24) is 0 Å². The van der Waals surface area contributed by atoms with Crippen LogP contribution in [0, 0.1) is 5.82 Å². The molecule has 0 bridgehead atoms. The highest BCUT2D eigenvalue weighted by molar-refractivity contribution is 7.99. The molecule has 4 nitrogen and oxygen atoms in total. The molecule has 19 heavy (non-hydrogen) atoms. The topological polar surface area (TPSA) is 86.2 Å². The van der Waals surface area contributed by atoms with E-state index in [2.05, 4.69) is 0 Å². The van der Waals surface area contributed by atoms with Gasteiger partial charge in [-0.1, -0.05) is 23.9 Å². The van der Waals surface area contributed by atoms with Crippen molar-refractivity contribution < 1.29 is 12.8 Å². The number of primary sulfonamides is 1. The smallest absolute Gasteiger partial charge is 0.238 e. The highest BCUT2D eigenvalue weighted by atomic mass is 32.2. The standard InChI is InChI=1S/C12H11FN2O2S2/c13-11-3-1-2-4-12(11)18-9-5-8(14)6-10(7-9)19(15,16)17/h1-7H,14H2,(H2,15,16,17). The van der Waals surface area contributed by atoms with E-state index in [1.54, 1.807) is 24.3 Å². The molecule has 0 saturated heterocycles. The van der Waals surface area contributed by atoms with E-state index in [0.717, 1.165) is 11.8 Å². The molecule has 0 heterocycles. The van der Waals surface area contributed by atoms with E-state index in [4.69, 9.17) is 10.9 Å². The van der Waals surface area contributed by atoms with Gasteiger partial charge in [0, 0.05) is 15.5 Å². The maximum Gasteiger partial charge on any atom is 0.238 e. The van der Waals surface area contributed by atoms with Crippen molar-refractivity contribution in [1.29, 1.82) is 0 Å². The van der Waals surface area contributed by atoms with Crippen LogP contribution in [-0.4, -0.2) is 8.42 Å². The van der Waals surface area contributed by atoms with Gasteiger partial charge in [-0.3, -0.25) is 0 Å². The number of hydrogen-bond acceptors (Lipinski definition) is 4. The van der Waals surface area contributed by atoms with Crippen molar-refractivity contribution in [2.24, 2.45) is 5.14 Å². The number of rotatable bonds is 3. The third-order valence-electron chi connectivity index (χ3n) is 2.30. The lowest BCUT2D eigenvalue weighted by Gasteiger charge is -2.06. The first kappa shape index (κ1) is 13.9. The second-order valence-electron chi connectivity index (χ2n) is 3.82. The SMILES string of the molecule is Nc1cc(Sc2ccccc2F)cc(S(N)(=O)=O)c1. The fourth-order valence-corrected chi connectivity index (χ4v) is 3.08. The summed E-state index contributed by atoms with van der Waals surface area (Å²) in [5, 5.41) is 5.05. The molecule has 7 heteroatoms. The molecular weight excluding hydrogens is 287 g/mol. The first-order valence-electron chi connectivity index (χ1n) is 5.22. The molecule has 2 aromatic carbocycles. The van der Waals surface area contributed by atoms with Gasteiger partial charge in [0.2, 0.25) is 10.0 Å². The van der Waals surface area contributed by atoms with Gasteiger partial charge < -0.3 is 5.73 Å². The average molecular weight is 298 g/mol. The fourth-order valence-electron chi connectivity index (χ4n) is 1.47. The largest absolute Gasteiger partial charge is 0.399 e. The summed E-state index contributed by atoms with van der Waals surface area (Å²) in [7, 11) is -3.84. The molecule has 0 aliphatic heterocycles. The lowest BCUT2D eigenvalue weighted by molar-refractivity contribution is 0.597. The predicted octanol–water partition coefficient (Wildman–Crippen LogP) is 2.21.